The molecule has 0 atom stereocenters. The molecule has 0 saturated heterocycles. The molecule has 0 unspecified atom stereocenters. The van der Waals surface area contributed by atoms with Crippen molar-refractivity contribution >= 4 is 33.4 Å². The van der Waals surface area contributed by atoms with Crippen molar-refractivity contribution in [2.75, 3.05) is 25.2 Å². The SMILES string of the molecule is Cc1cc(S(=O)(=O)N(C)C)cc(NC(=O)CSc2nc(Cc3ccccc3)c(C)[nH]2)c1C. The Bertz CT molecular complexity index is 1220. The van der Waals surface area contributed by atoms with Crippen molar-refractivity contribution in [3.05, 3.63) is 70.5 Å². The maximum Gasteiger partial charge on any atom is 0.242 e. The van der Waals surface area contributed by atoms with E-state index in [-0.39, 0.29) is 16.6 Å². The summed E-state index contributed by atoms with van der Waals surface area (Å²) in [7, 11) is -0.630. The average molecular weight is 473 g/mol. The van der Waals surface area contributed by atoms with Crippen LogP contribution in [0.25, 0.3) is 0 Å². The van der Waals surface area contributed by atoms with Gasteiger partial charge < -0.3 is 10.3 Å². The highest BCUT2D eigenvalue weighted by Crippen LogP contribution is 2.26. The third-order valence-electron chi connectivity index (χ3n) is 5.21. The van der Waals surface area contributed by atoms with E-state index < -0.39 is 10.0 Å². The number of benzene rings is 2. The first-order chi connectivity index (χ1) is 15.1. The molecule has 1 heterocycles. The zero-order valence-corrected chi connectivity index (χ0v) is 20.5. The van der Waals surface area contributed by atoms with E-state index in [4.69, 9.17) is 0 Å². The molecule has 9 heteroatoms. The van der Waals surface area contributed by atoms with Gasteiger partial charge in [0, 0.05) is 31.9 Å². The monoisotopic (exact) mass is 472 g/mol. The van der Waals surface area contributed by atoms with Crippen LogP contribution in [0.1, 0.15) is 28.1 Å². The van der Waals surface area contributed by atoms with Crippen molar-refractivity contribution in [2.45, 2.75) is 37.2 Å². The van der Waals surface area contributed by atoms with Gasteiger partial charge in [-0.25, -0.2) is 17.7 Å². The Morgan fingerprint density at radius 3 is 2.47 bits per heavy atom. The van der Waals surface area contributed by atoms with Gasteiger partial charge in [-0.3, -0.25) is 4.79 Å². The molecule has 3 rings (SSSR count). The largest absolute Gasteiger partial charge is 0.337 e. The molecule has 0 aliphatic heterocycles. The number of nitrogens with one attached hydrogen (secondary N) is 2. The minimum absolute atomic E-state index is 0.153. The van der Waals surface area contributed by atoms with Crippen LogP contribution in [0.15, 0.2) is 52.5 Å². The third-order valence-corrected chi connectivity index (χ3v) is 7.88. The van der Waals surface area contributed by atoms with Crippen molar-refractivity contribution < 1.29 is 13.2 Å². The smallest absolute Gasteiger partial charge is 0.242 e. The zero-order valence-electron chi connectivity index (χ0n) is 18.9. The standard InChI is InChI=1S/C23H28N4O3S2/c1-15-11-19(32(29,30)27(4)5)13-20(16(15)2)25-22(28)14-31-23-24-17(3)21(26-23)12-18-9-7-6-8-10-18/h6-11,13H,12,14H2,1-5H3,(H,24,26)(H,25,28). The number of aromatic nitrogens is 2. The molecule has 0 saturated carbocycles. The van der Waals surface area contributed by atoms with Gasteiger partial charge in [0.1, 0.15) is 0 Å². The fraction of sp³-hybridized carbons (Fsp3) is 0.304. The topological polar surface area (TPSA) is 95.2 Å². The molecule has 2 aromatic carbocycles. The average Bonchev–Trinajstić information content (AvgIpc) is 3.09. The normalized spacial score (nSPS) is 11.7. The highest BCUT2D eigenvalue weighted by atomic mass is 32.2. The lowest BCUT2D eigenvalue weighted by Gasteiger charge is -2.16. The molecule has 0 bridgehead atoms. The van der Waals surface area contributed by atoms with E-state index >= 15 is 0 Å². The van der Waals surface area contributed by atoms with Crippen LogP contribution >= 0.6 is 11.8 Å². The maximum absolute atomic E-state index is 12.6. The van der Waals surface area contributed by atoms with Crippen LogP contribution in [0.4, 0.5) is 5.69 Å². The molecule has 0 radical (unpaired) electrons. The molecule has 1 amide bonds. The van der Waals surface area contributed by atoms with Crippen LogP contribution < -0.4 is 5.32 Å². The molecule has 0 fully saturated rings. The second kappa shape index (κ2) is 9.89. The first kappa shape index (κ1) is 24.0. The molecule has 7 nitrogen and oxygen atoms in total. The molecule has 0 aliphatic carbocycles. The Hall–Kier alpha value is -2.62. The van der Waals surface area contributed by atoms with Gasteiger partial charge in [-0.1, -0.05) is 42.1 Å². The molecule has 2 N–H and O–H groups in total. The number of carbonyl (C=O) groups is 1. The van der Waals surface area contributed by atoms with Crippen LogP contribution in [-0.4, -0.2) is 48.4 Å². The lowest BCUT2D eigenvalue weighted by molar-refractivity contribution is -0.113. The third kappa shape index (κ3) is 5.59. The fourth-order valence-corrected chi connectivity index (χ4v) is 4.89. The number of nitrogens with zero attached hydrogens (tertiary/aromatic N) is 2. The Morgan fingerprint density at radius 2 is 1.81 bits per heavy atom. The summed E-state index contributed by atoms with van der Waals surface area (Å²) in [6.07, 6.45) is 0.724. The van der Waals surface area contributed by atoms with Crippen molar-refractivity contribution in [1.29, 1.82) is 0 Å². The van der Waals surface area contributed by atoms with Crippen LogP contribution in [-0.2, 0) is 21.2 Å². The summed E-state index contributed by atoms with van der Waals surface area (Å²) < 4.78 is 26.2. The van der Waals surface area contributed by atoms with E-state index in [1.165, 1.54) is 37.5 Å². The molecular formula is C23H28N4O3S2. The first-order valence-corrected chi connectivity index (χ1v) is 12.6. The van der Waals surface area contributed by atoms with Gasteiger partial charge >= 0.3 is 0 Å². The summed E-state index contributed by atoms with van der Waals surface area (Å²) in [6, 6.07) is 13.2. The number of hydrogen-bond acceptors (Lipinski definition) is 5. The van der Waals surface area contributed by atoms with Crippen LogP contribution in [0.2, 0.25) is 0 Å². The number of anilines is 1. The molecule has 170 valence electrons. The molecule has 32 heavy (non-hydrogen) atoms. The van der Waals surface area contributed by atoms with E-state index in [9.17, 15) is 13.2 Å². The van der Waals surface area contributed by atoms with Gasteiger partial charge in [0.15, 0.2) is 5.16 Å². The summed E-state index contributed by atoms with van der Waals surface area (Å²) in [5, 5.41) is 3.53. The number of thioether (sulfide) groups is 1. The first-order valence-electron chi connectivity index (χ1n) is 10.1. The highest BCUT2D eigenvalue weighted by Gasteiger charge is 2.20. The Morgan fingerprint density at radius 1 is 1.12 bits per heavy atom. The number of rotatable bonds is 8. The van der Waals surface area contributed by atoms with Crippen molar-refractivity contribution in [3.63, 3.8) is 0 Å². The van der Waals surface area contributed by atoms with Gasteiger partial charge in [0.05, 0.1) is 16.3 Å². The number of H-pyrrole nitrogens is 1. The molecule has 1 aromatic heterocycles. The Kier molecular flexibility index (Phi) is 7.43. The van der Waals surface area contributed by atoms with E-state index in [1.807, 2.05) is 39.0 Å². The predicted octanol–water partition coefficient (Wildman–Crippen LogP) is 3.91. The van der Waals surface area contributed by atoms with Crippen molar-refractivity contribution in [1.82, 2.24) is 14.3 Å². The van der Waals surface area contributed by atoms with Crippen molar-refractivity contribution in [2.24, 2.45) is 0 Å². The summed E-state index contributed by atoms with van der Waals surface area (Å²) in [4.78, 5) is 20.6. The number of sulfonamides is 1. The maximum atomic E-state index is 12.6. The number of hydrogen-bond donors (Lipinski definition) is 2. The summed E-state index contributed by atoms with van der Waals surface area (Å²) in [5.41, 5.74) is 5.23. The minimum Gasteiger partial charge on any atom is -0.337 e. The second-order valence-corrected chi connectivity index (χ2v) is 10.9. The number of aromatic amines is 1. The summed E-state index contributed by atoms with van der Waals surface area (Å²) >= 11 is 1.31. The summed E-state index contributed by atoms with van der Waals surface area (Å²) in [6.45, 7) is 5.66. The molecule has 0 aliphatic rings. The van der Waals surface area contributed by atoms with Crippen LogP contribution in [0, 0.1) is 20.8 Å². The second-order valence-electron chi connectivity index (χ2n) is 7.81. The van der Waals surface area contributed by atoms with E-state index in [0.29, 0.717) is 10.8 Å². The summed E-state index contributed by atoms with van der Waals surface area (Å²) in [5.74, 6) is -0.0727. The zero-order chi connectivity index (χ0) is 23.5. The van der Waals surface area contributed by atoms with Gasteiger partial charge in [-0.05, 0) is 49.6 Å². The number of amides is 1. The number of imidazole rings is 1. The predicted molar refractivity (Wildman–Crippen MR) is 129 cm³/mol. The Labute approximate surface area is 193 Å². The van der Waals surface area contributed by atoms with E-state index in [2.05, 4.69) is 27.4 Å². The molecule has 3 aromatic rings. The van der Waals surface area contributed by atoms with Crippen LogP contribution in [0.3, 0.4) is 0 Å². The minimum atomic E-state index is -3.60. The fourth-order valence-electron chi connectivity index (χ4n) is 3.13. The van der Waals surface area contributed by atoms with Gasteiger partial charge in [-0.2, -0.15) is 0 Å². The lowest BCUT2D eigenvalue weighted by atomic mass is 10.1. The number of aryl methyl sites for hydroxylation is 2. The highest BCUT2D eigenvalue weighted by molar-refractivity contribution is 7.99. The molecule has 0 spiro atoms. The van der Waals surface area contributed by atoms with Gasteiger partial charge in [-0.15, -0.1) is 0 Å². The molecular weight excluding hydrogens is 444 g/mol. The van der Waals surface area contributed by atoms with E-state index in [0.717, 1.165) is 33.2 Å². The quantitative estimate of drug-likeness (QED) is 0.485. The van der Waals surface area contributed by atoms with Crippen molar-refractivity contribution in [3.8, 4) is 0 Å². The Balaban J connectivity index is 1.68. The van der Waals surface area contributed by atoms with E-state index in [1.54, 1.807) is 6.07 Å². The van der Waals surface area contributed by atoms with Gasteiger partial charge in [0.2, 0.25) is 15.9 Å². The van der Waals surface area contributed by atoms with Gasteiger partial charge in [0.25, 0.3) is 0 Å². The lowest BCUT2D eigenvalue weighted by Crippen LogP contribution is -2.23. The van der Waals surface area contributed by atoms with Crippen LogP contribution in [0.5, 0.6) is 0 Å². The number of carbonyl (C=O) groups excluding carboxylic acids is 1.